The Morgan fingerprint density at radius 1 is 1.40 bits per heavy atom. The molecule has 0 radical (unpaired) electrons. The molecule has 0 aromatic heterocycles. The number of nitrogens with two attached hydrogens (primary N) is 1. The third-order valence-corrected chi connectivity index (χ3v) is 3.18. The third kappa shape index (κ3) is 2.77. The minimum absolute atomic E-state index is 0.0360. The molecule has 1 aromatic carbocycles. The Balaban J connectivity index is 3.13. The number of phenols is 1. The highest BCUT2D eigenvalue weighted by atomic mass is 35.5. The van der Waals surface area contributed by atoms with Crippen molar-refractivity contribution in [2.75, 3.05) is 0 Å². The number of phenolic OH excluding ortho intramolecular Hbond substituents is 1. The first kappa shape index (κ1) is 12.6. The standard InChI is InChI=1S/C11H15Cl2NO/c1-3-6(2)10(14)8-4-7(12)5-9(13)11(8)15/h4-6,10,15H,3,14H2,1-2H3/t6?,10-/m0/s1. The van der Waals surface area contributed by atoms with Crippen LogP contribution in [0.5, 0.6) is 5.75 Å². The van der Waals surface area contributed by atoms with Crippen molar-refractivity contribution in [2.24, 2.45) is 11.7 Å². The molecule has 0 aliphatic rings. The molecule has 0 amide bonds. The summed E-state index contributed by atoms with van der Waals surface area (Å²) in [4.78, 5) is 0. The normalized spacial score (nSPS) is 15.0. The maximum Gasteiger partial charge on any atom is 0.139 e. The van der Waals surface area contributed by atoms with E-state index in [0.717, 1.165) is 6.42 Å². The van der Waals surface area contributed by atoms with Gasteiger partial charge in [0.15, 0.2) is 0 Å². The monoisotopic (exact) mass is 247 g/mol. The van der Waals surface area contributed by atoms with Crippen LogP contribution in [0.3, 0.4) is 0 Å². The van der Waals surface area contributed by atoms with Gasteiger partial charge in [0.25, 0.3) is 0 Å². The molecule has 0 aliphatic carbocycles. The molecular formula is C11H15Cl2NO. The number of hydrogen-bond donors (Lipinski definition) is 2. The summed E-state index contributed by atoms with van der Waals surface area (Å²) in [6, 6.07) is 2.93. The first-order valence-corrected chi connectivity index (χ1v) is 5.66. The van der Waals surface area contributed by atoms with Gasteiger partial charge in [0.2, 0.25) is 0 Å². The smallest absolute Gasteiger partial charge is 0.139 e. The summed E-state index contributed by atoms with van der Waals surface area (Å²) in [5.74, 6) is 0.305. The van der Waals surface area contributed by atoms with Gasteiger partial charge < -0.3 is 10.8 Å². The average Bonchev–Trinajstić information content (AvgIpc) is 2.21. The molecule has 84 valence electrons. The van der Waals surface area contributed by atoms with Crippen LogP contribution in [0, 0.1) is 5.92 Å². The van der Waals surface area contributed by atoms with E-state index in [2.05, 4.69) is 0 Å². The van der Waals surface area contributed by atoms with E-state index in [9.17, 15) is 5.11 Å². The highest BCUT2D eigenvalue weighted by molar-refractivity contribution is 6.35. The molecule has 4 heteroatoms. The molecule has 1 unspecified atom stereocenters. The summed E-state index contributed by atoms with van der Waals surface area (Å²) in [5, 5.41) is 10.5. The number of hydrogen-bond acceptors (Lipinski definition) is 2. The molecule has 0 saturated heterocycles. The van der Waals surface area contributed by atoms with E-state index < -0.39 is 0 Å². The zero-order valence-electron chi connectivity index (χ0n) is 8.80. The molecule has 0 saturated carbocycles. The summed E-state index contributed by atoms with van der Waals surface area (Å²) in [5.41, 5.74) is 6.62. The molecule has 1 rings (SSSR count). The summed E-state index contributed by atoms with van der Waals surface area (Å²) in [6.07, 6.45) is 0.935. The van der Waals surface area contributed by atoms with E-state index >= 15 is 0 Å². The zero-order chi connectivity index (χ0) is 11.6. The van der Waals surface area contributed by atoms with Crippen LogP contribution in [-0.4, -0.2) is 5.11 Å². The Labute approximate surface area is 100.0 Å². The Kier molecular flexibility index (Phi) is 4.26. The highest BCUT2D eigenvalue weighted by Gasteiger charge is 2.19. The van der Waals surface area contributed by atoms with E-state index in [0.29, 0.717) is 10.6 Å². The molecule has 2 nitrogen and oxygen atoms in total. The summed E-state index contributed by atoms with van der Waals surface area (Å²) in [6.45, 7) is 4.08. The molecule has 0 aliphatic heterocycles. The molecule has 1 aromatic rings. The van der Waals surface area contributed by atoms with Crippen molar-refractivity contribution < 1.29 is 5.11 Å². The minimum Gasteiger partial charge on any atom is -0.506 e. The van der Waals surface area contributed by atoms with Crippen molar-refractivity contribution in [1.29, 1.82) is 0 Å². The lowest BCUT2D eigenvalue weighted by Gasteiger charge is -2.20. The number of benzene rings is 1. The molecular weight excluding hydrogens is 233 g/mol. The maximum atomic E-state index is 9.77. The van der Waals surface area contributed by atoms with Crippen molar-refractivity contribution >= 4 is 23.2 Å². The van der Waals surface area contributed by atoms with Gasteiger partial charge in [-0.3, -0.25) is 0 Å². The van der Waals surface area contributed by atoms with Crippen LogP contribution < -0.4 is 5.73 Å². The SMILES string of the molecule is CCC(C)[C@H](N)c1cc(Cl)cc(Cl)c1O. The largest absolute Gasteiger partial charge is 0.506 e. The van der Waals surface area contributed by atoms with E-state index in [4.69, 9.17) is 28.9 Å². The molecule has 0 heterocycles. The maximum absolute atomic E-state index is 9.77. The van der Waals surface area contributed by atoms with Crippen molar-refractivity contribution in [3.8, 4) is 5.75 Å². The predicted molar refractivity (Wildman–Crippen MR) is 64.5 cm³/mol. The Morgan fingerprint density at radius 2 is 2.00 bits per heavy atom. The molecule has 0 bridgehead atoms. The van der Waals surface area contributed by atoms with E-state index in [-0.39, 0.29) is 22.7 Å². The van der Waals surface area contributed by atoms with Gasteiger partial charge in [0.1, 0.15) is 5.75 Å². The molecule has 0 spiro atoms. The van der Waals surface area contributed by atoms with Crippen molar-refractivity contribution in [3.05, 3.63) is 27.7 Å². The summed E-state index contributed by atoms with van der Waals surface area (Å²) >= 11 is 11.7. The van der Waals surface area contributed by atoms with Gasteiger partial charge in [-0.2, -0.15) is 0 Å². The van der Waals surface area contributed by atoms with Crippen molar-refractivity contribution in [1.82, 2.24) is 0 Å². The first-order valence-electron chi connectivity index (χ1n) is 4.90. The molecule has 2 atom stereocenters. The van der Waals surface area contributed by atoms with Crippen LogP contribution in [0.25, 0.3) is 0 Å². The van der Waals surface area contributed by atoms with Gasteiger partial charge >= 0.3 is 0 Å². The lowest BCUT2D eigenvalue weighted by Crippen LogP contribution is -2.18. The van der Waals surface area contributed by atoms with Gasteiger partial charge in [-0.25, -0.2) is 0 Å². The van der Waals surface area contributed by atoms with Gasteiger partial charge in [-0.1, -0.05) is 43.5 Å². The fourth-order valence-electron chi connectivity index (χ4n) is 1.40. The number of aromatic hydroxyl groups is 1. The van der Waals surface area contributed by atoms with Crippen molar-refractivity contribution in [2.45, 2.75) is 26.3 Å². The third-order valence-electron chi connectivity index (χ3n) is 2.67. The predicted octanol–water partition coefficient (Wildman–Crippen LogP) is 3.74. The second kappa shape index (κ2) is 5.06. The van der Waals surface area contributed by atoms with Gasteiger partial charge in [0, 0.05) is 16.6 Å². The Bertz CT molecular complexity index is 355. The van der Waals surface area contributed by atoms with Crippen LogP contribution in [-0.2, 0) is 0 Å². The van der Waals surface area contributed by atoms with Crippen molar-refractivity contribution in [3.63, 3.8) is 0 Å². The fourth-order valence-corrected chi connectivity index (χ4v) is 1.91. The van der Waals surface area contributed by atoms with E-state index in [1.807, 2.05) is 13.8 Å². The minimum atomic E-state index is -0.244. The molecule has 3 N–H and O–H groups in total. The summed E-state index contributed by atoms with van der Waals surface area (Å²) in [7, 11) is 0. The topological polar surface area (TPSA) is 46.2 Å². The van der Waals surface area contributed by atoms with E-state index in [1.165, 1.54) is 6.07 Å². The van der Waals surface area contributed by atoms with Gasteiger partial charge in [0.05, 0.1) is 5.02 Å². The second-order valence-corrected chi connectivity index (χ2v) is 4.58. The Morgan fingerprint density at radius 3 is 2.53 bits per heavy atom. The first-order chi connectivity index (χ1) is 6.97. The van der Waals surface area contributed by atoms with Crippen LogP contribution in [0.1, 0.15) is 31.9 Å². The average molecular weight is 248 g/mol. The number of rotatable bonds is 3. The fraction of sp³-hybridized carbons (Fsp3) is 0.455. The van der Waals surface area contributed by atoms with Crippen LogP contribution in [0.4, 0.5) is 0 Å². The quantitative estimate of drug-likeness (QED) is 0.855. The van der Waals surface area contributed by atoms with Crippen LogP contribution in [0.2, 0.25) is 10.0 Å². The second-order valence-electron chi connectivity index (χ2n) is 3.74. The molecule has 15 heavy (non-hydrogen) atoms. The Hall–Kier alpha value is -0.440. The lowest BCUT2D eigenvalue weighted by atomic mass is 9.93. The zero-order valence-corrected chi connectivity index (χ0v) is 10.3. The number of halogens is 2. The van der Waals surface area contributed by atoms with E-state index in [1.54, 1.807) is 6.07 Å². The summed E-state index contributed by atoms with van der Waals surface area (Å²) < 4.78 is 0. The lowest BCUT2D eigenvalue weighted by molar-refractivity contribution is 0.419. The van der Waals surface area contributed by atoms with Gasteiger partial charge in [-0.05, 0) is 18.1 Å². The van der Waals surface area contributed by atoms with Gasteiger partial charge in [-0.15, -0.1) is 0 Å². The highest BCUT2D eigenvalue weighted by Crippen LogP contribution is 2.36. The van der Waals surface area contributed by atoms with Crippen LogP contribution in [0.15, 0.2) is 12.1 Å². The van der Waals surface area contributed by atoms with Crippen LogP contribution >= 0.6 is 23.2 Å². The molecule has 0 fully saturated rings.